The number of halogens is 2. The van der Waals surface area contributed by atoms with Crippen LogP contribution in [0.4, 0.5) is 11.6 Å². The predicted octanol–water partition coefficient (Wildman–Crippen LogP) is 5.59. The van der Waals surface area contributed by atoms with Gasteiger partial charge in [-0.05, 0) is 42.3 Å². The summed E-state index contributed by atoms with van der Waals surface area (Å²) in [7, 11) is 0. The molecule has 4 aromatic rings. The Hall–Kier alpha value is -2.54. The maximum absolute atomic E-state index is 12.8. The van der Waals surface area contributed by atoms with Crippen molar-refractivity contribution in [2.45, 2.75) is 6.92 Å². The molecule has 158 valence electrons. The zero-order valence-corrected chi connectivity index (χ0v) is 19.2. The van der Waals surface area contributed by atoms with Crippen LogP contribution in [0.3, 0.4) is 0 Å². The van der Waals surface area contributed by atoms with E-state index in [1.165, 1.54) is 22.6 Å². The second-order valence-electron chi connectivity index (χ2n) is 7.66. The van der Waals surface area contributed by atoms with Gasteiger partial charge in [-0.15, -0.1) is 11.3 Å². The molecule has 2 aromatic heterocycles. The molecule has 31 heavy (non-hydrogen) atoms. The van der Waals surface area contributed by atoms with Crippen molar-refractivity contribution < 1.29 is 0 Å². The number of benzene rings is 2. The van der Waals surface area contributed by atoms with E-state index in [0.717, 1.165) is 37.3 Å². The van der Waals surface area contributed by atoms with Crippen molar-refractivity contribution in [2.24, 2.45) is 0 Å². The average molecular weight is 471 g/mol. The van der Waals surface area contributed by atoms with Crippen molar-refractivity contribution in [2.75, 3.05) is 36.0 Å². The Balaban J connectivity index is 1.44. The number of hydrogen-bond acceptors (Lipinski definition) is 5. The summed E-state index contributed by atoms with van der Waals surface area (Å²) >= 11 is 13.7. The van der Waals surface area contributed by atoms with Gasteiger partial charge in [0.2, 0.25) is 5.95 Å². The Labute approximate surface area is 193 Å². The molecule has 0 bridgehead atoms. The molecule has 5 rings (SSSR count). The van der Waals surface area contributed by atoms with Gasteiger partial charge in [0.1, 0.15) is 4.70 Å². The van der Waals surface area contributed by atoms with Gasteiger partial charge >= 0.3 is 0 Å². The number of aromatic nitrogens is 2. The van der Waals surface area contributed by atoms with Gasteiger partial charge in [-0.25, -0.2) is 4.98 Å². The van der Waals surface area contributed by atoms with E-state index in [4.69, 9.17) is 28.2 Å². The molecule has 0 spiro atoms. The highest BCUT2D eigenvalue weighted by Crippen LogP contribution is 2.35. The van der Waals surface area contributed by atoms with Crippen LogP contribution in [0.2, 0.25) is 10.0 Å². The third-order valence-electron chi connectivity index (χ3n) is 5.59. The van der Waals surface area contributed by atoms with E-state index in [0.29, 0.717) is 26.2 Å². The SMILES string of the molecule is Cc1cccc(N2CCN(c3nc4c(-c5ccc(Cl)c(Cl)c5)csc4c(=O)[nH]3)CC2)c1. The van der Waals surface area contributed by atoms with E-state index >= 15 is 0 Å². The van der Waals surface area contributed by atoms with Gasteiger partial charge in [0.05, 0.1) is 15.6 Å². The largest absolute Gasteiger partial charge is 0.368 e. The molecule has 1 saturated heterocycles. The monoisotopic (exact) mass is 470 g/mol. The number of rotatable bonds is 3. The zero-order chi connectivity index (χ0) is 21.5. The minimum atomic E-state index is -0.113. The van der Waals surface area contributed by atoms with Gasteiger partial charge in [-0.2, -0.15) is 0 Å². The van der Waals surface area contributed by atoms with Crippen LogP contribution in [-0.2, 0) is 0 Å². The summed E-state index contributed by atoms with van der Waals surface area (Å²) in [6.45, 7) is 5.42. The van der Waals surface area contributed by atoms with Gasteiger partial charge in [0.15, 0.2) is 0 Å². The van der Waals surface area contributed by atoms with Gasteiger partial charge in [-0.3, -0.25) is 9.78 Å². The summed E-state index contributed by atoms with van der Waals surface area (Å²) in [6, 6.07) is 14.0. The quantitative estimate of drug-likeness (QED) is 0.423. The van der Waals surface area contributed by atoms with Gasteiger partial charge in [0, 0.05) is 42.8 Å². The third-order valence-corrected chi connectivity index (χ3v) is 7.30. The lowest BCUT2D eigenvalue weighted by Crippen LogP contribution is -2.47. The van der Waals surface area contributed by atoms with E-state index in [2.05, 4.69) is 46.0 Å². The van der Waals surface area contributed by atoms with Crippen LogP contribution in [-0.4, -0.2) is 36.1 Å². The van der Waals surface area contributed by atoms with Crippen molar-refractivity contribution in [3.8, 4) is 11.1 Å². The van der Waals surface area contributed by atoms with Crippen LogP contribution in [0.25, 0.3) is 21.3 Å². The Kier molecular flexibility index (Phi) is 5.38. The number of aryl methyl sites for hydroxylation is 1. The Bertz CT molecular complexity index is 1320. The smallest absolute Gasteiger partial charge is 0.270 e. The molecule has 1 N–H and O–H groups in total. The fourth-order valence-corrected chi connectivity index (χ4v) is 5.14. The summed E-state index contributed by atoms with van der Waals surface area (Å²) in [6.07, 6.45) is 0. The summed E-state index contributed by atoms with van der Waals surface area (Å²) in [5.74, 6) is 0.612. The zero-order valence-electron chi connectivity index (χ0n) is 16.9. The van der Waals surface area contributed by atoms with Crippen LogP contribution >= 0.6 is 34.5 Å². The van der Waals surface area contributed by atoms with E-state index in [1.54, 1.807) is 6.07 Å². The Morgan fingerprint density at radius 1 is 1.00 bits per heavy atom. The highest BCUT2D eigenvalue weighted by atomic mass is 35.5. The molecule has 0 unspecified atom stereocenters. The fourth-order valence-electron chi connectivity index (χ4n) is 3.94. The van der Waals surface area contributed by atoms with Gasteiger partial charge in [-0.1, -0.05) is 41.4 Å². The van der Waals surface area contributed by atoms with Crippen LogP contribution < -0.4 is 15.4 Å². The molecule has 0 saturated carbocycles. The van der Waals surface area contributed by atoms with Crippen LogP contribution in [0.1, 0.15) is 5.56 Å². The van der Waals surface area contributed by atoms with E-state index in [1.807, 2.05) is 17.5 Å². The number of H-pyrrole nitrogens is 1. The molecule has 1 fully saturated rings. The molecule has 1 aliphatic heterocycles. The predicted molar refractivity (Wildman–Crippen MR) is 131 cm³/mol. The number of thiophene rings is 1. The molecule has 0 atom stereocenters. The Morgan fingerprint density at radius 2 is 1.77 bits per heavy atom. The first-order chi connectivity index (χ1) is 15.0. The van der Waals surface area contributed by atoms with Crippen molar-refractivity contribution >= 4 is 56.4 Å². The lowest BCUT2D eigenvalue weighted by Gasteiger charge is -2.36. The standard InChI is InChI=1S/C23H20Cl2N4OS/c1-14-3-2-4-16(11-14)28-7-9-29(10-8-28)23-26-20-17(13-31-21(20)22(30)27-23)15-5-6-18(24)19(25)12-15/h2-6,11-13H,7-10H2,1H3,(H,26,27,30). The van der Waals surface area contributed by atoms with Crippen molar-refractivity contribution in [1.82, 2.24) is 9.97 Å². The Morgan fingerprint density at radius 3 is 2.52 bits per heavy atom. The van der Waals surface area contributed by atoms with Crippen LogP contribution in [0.5, 0.6) is 0 Å². The fraction of sp³-hybridized carbons (Fsp3) is 0.217. The van der Waals surface area contributed by atoms with Crippen LogP contribution in [0, 0.1) is 6.92 Å². The first-order valence-electron chi connectivity index (χ1n) is 10.0. The molecular formula is C23H20Cl2N4OS. The lowest BCUT2D eigenvalue weighted by molar-refractivity contribution is 0.640. The maximum Gasteiger partial charge on any atom is 0.270 e. The summed E-state index contributed by atoms with van der Waals surface area (Å²) in [4.78, 5) is 25.1. The number of fused-ring (bicyclic) bond motifs is 1. The number of nitrogens with one attached hydrogen (secondary N) is 1. The van der Waals surface area contributed by atoms with E-state index in [9.17, 15) is 4.79 Å². The van der Waals surface area contributed by atoms with Crippen molar-refractivity contribution in [3.63, 3.8) is 0 Å². The first-order valence-corrected chi connectivity index (χ1v) is 11.7. The normalized spacial score (nSPS) is 14.4. The molecule has 0 aliphatic carbocycles. The number of piperazine rings is 1. The lowest BCUT2D eigenvalue weighted by atomic mass is 10.1. The number of hydrogen-bond donors (Lipinski definition) is 1. The average Bonchev–Trinajstić information content (AvgIpc) is 3.20. The highest BCUT2D eigenvalue weighted by Gasteiger charge is 2.21. The van der Waals surface area contributed by atoms with Crippen molar-refractivity contribution in [1.29, 1.82) is 0 Å². The van der Waals surface area contributed by atoms with E-state index < -0.39 is 0 Å². The van der Waals surface area contributed by atoms with Crippen molar-refractivity contribution in [3.05, 3.63) is 73.8 Å². The summed E-state index contributed by atoms with van der Waals surface area (Å²) in [5, 5.41) is 2.94. The van der Waals surface area contributed by atoms with Gasteiger partial charge < -0.3 is 9.80 Å². The molecule has 3 heterocycles. The highest BCUT2D eigenvalue weighted by molar-refractivity contribution is 7.17. The minimum absolute atomic E-state index is 0.113. The summed E-state index contributed by atoms with van der Waals surface area (Å²) < 4.78 is 0.614. The van der Waals surface area contributed by atoms with E-state index in [-0.39, 0.29) is 5.56 Å². The molecule has 0 amide bonds. The maximum atomic E-state index is 12.8. The summed E-state index contributed by atoms with van der Waals surface area (Å²) in [5.41, 5.74) is 4.86. The molecule has 5 nitrogen and oxygen atoms in total. The molecule has 0 radical (unpaired) electrons. The first kappa shape index (κ1) is 20.4. The third kappa shape index (κ3) is 3.91. The van der Waals surface area contributed by atoms with Gasteiger partial charge in [0.25, 0.3) is 5.56 Å². The van der Waals surface area contributed by atoms with Crippen LogP contribution in [0.15, 0.2) is 52.6 Å². The molecular weight excluding hydrogens is 451 g/mol. The second kappa shape index (κ2) is 8.19. The molecule has 8 heteroatoms. The number of nitrogens with zero attached hydrogens (tertiary/aromatic N) is 3. The molecule has 2 aromatic carbocycles. The molecule has 1 aliphatic rings. The minimum Gasteiger partial charge on any atom is -0.368 e. The number of anilines is 2. The number of aromatic amines is 1. The topological polar surface area (TPSA) is 52.2 Å². The second-order valence-corrected chi connectivity index (χ2v) is 9.35.